The van der Waals surface area contributed by atoms with Crippen LogP contribution >= 0.6 is 0 Å². The summed E-state index contributed by atoms with van der Waals surface area (Å²) in [5.74, 6) is 0.474. The van der Waals surface area contributed by atoms with Gasteiger partial charge < -0.3 is 9.80 Å². The summed E-state index contributed by atoms with van der Waals surface area (Å²) in [5, 5.41) is 0. The Morgan fingerprint density at radius 2 is 0.915 bits per heavy atom. The molecule has 0 saturated heterocycles. The minimum Gasteiger partial charge on any atom is -0.310 e. The van der Waals surface area contributed by atoms with Crippen molar-refractivity contribution in [3.63, 3.8) is 0 Å². The molecule has 0 aliphatic heterocycles. The number of benzene rings is 6. The highest BCUT2D eigenvalue weighted by Crippen LogP contribution is 2.57. The van der Waals surface area contributed by atoms with Gasteiger partial charge in [0.25, 0.3) is 0 Å². The Morgan fingerprint density at radius 3 is 1.29 bits per heavy atom. The molecule has 0 N–H and O–H groups in total. The standard InChI is InChI=1S/C57H64N2/c1-10-13-15-37-57(38-16-14-11-2)54-39-50(58(46-25-17-42(6)18-26-46)48-29-21-44(22-30-48)41(4)5)33-35-52(54)53-36-34-51(40-55(53)57)59(47-27-19-43(7)20-28-47)49-31-23-45(24-32-49)56(8,9)12-3/h10-11,17-36,39-41H,1-2,12-16,37-38H2,3-9H3. The predicted molar refractivity (Wildman–Crippen MR) is 257 cm³/mol. The molecule has 0 unspecified atom stereocenters. The van der Waals surface area contributed by atoms with Gasteiger partial charge in [-0.15, -0.1) is 13.2 Å². The third-order valence-electron chi connectivity index (χ3n) is 13.1. The number of rotatable bonds is 17. The molecule has 59 heavy (non-hydrogen) atoms. The first-order valence-electron chi connectivity index (χ1n) is 21.9. The van der Waals surface area contributed by atoms with Crippen LogP contribution in [0.15, 0.2) is 159 Å². The minimum atomic E-state index is -0.183. The highest BCUT2D eigenvalue weighted by molar-refractivity contribution is 5.88. The summed E-state index contributed by atoms with van der Waals surface area (Å²) in [4.78, 5) is 4.90. The number of fused-ring (bicyclic) bond motifs is 3. The summed E-state index contributed by atoms with van der Waals surface area (Å²) in [6.07, 6.45) is 11.5. The number of aryl methyl sites for hydroxylation is 2. The van der Waals surface area contributed by atoms with Gasteiger partial charge >= 0.3 is 0 Å². The molecule has 2 heteroatoms. The lowest BCUT2D eigenvalue weighted by Crippen LogP contribution is -2.26. The van der Waals surface area contributed by atoms with Gasteiger partial charge in [-0.3, -0.25) is 0 Å². The first-order chi connectivity index (χ1) is 28.5. The summed E-state index contributed by atoms with van der Waals surface area (Å²) < 4.78 is 0. The largest absolute Gasteiger partial charge is 0.310 e. The zero-order valence-electron chi connectivity index (χ0n) is 36.7. The number of unbranched alkanes of at least 4 members (excludes halogenated alkanes) is 2. The molecule has 0 saturated carbocycles. The molecule has 302 valence electrons. The zero-order valence-corrected chi connectivity index (χ0v) is 36.7. The molecule has 0 aromatic heterocycles. The molecule has 2 nitrogen and oxygen atoms in total. The monoisotopic (exact) mass is 777 g/mol. The van der Waals surface area contributed by atoms with E-state index in [-0.39, 0.29) is 10.8 Å². The number of allylic oxidation sites excluding steroid dienone is 2. The van der Waals surface area contributed by atoms with Gasteiger partial charge in [0.1, 0.15) is 0 Å². The van der Waals surface area contributed by atoms with Crippen molar-refractivity contribution in [1.82, 2.24) is 0 Å². The highest BCUT2D eigenvalue weighted by Gasteiger charge is 2.43. The maximum Gasteiger partial charge on any atom is 0.0465 e. The van der Waals surface area contributed by atoms with Crippen LogP contribution in [0.5, 0.6) is 0 Å². The Balaban J connectivity index is 1.42. The smallest absolute Gasteiger partial charge is 0.0465 e. The second-order valence-corrected chi connectivity index (χ2v) is 17.8. The molecule has 0 amide bonds. The molecule has 7 rings (SSSR count). The van der Waals surface area contributed by atoms with Crippen molar-refractivity contribution >= 4 is 34.1 Å². The predicted octanol–water partition coefficient (Wildman–Crippen LogP) is 17.0. The van der Waals surface area contributed by atoms with E-state index < -0.39 is 0 Å². The lowest BCUT2D eigenvalue weighted by atomic mass is 9.70. The maximum atomic E-state index is 4.15. The van der Waals surface area contributed by atoms with Crippen molar-refractivity contribution < 1.29 is 0 Å². The van der Waals surface area contributed by atoms with Crippen molar-refractivity contribution in [3.05, 3.63) is 192 Å². The fourth-order valence-electron chi connectivity index (χ4n) is 9.07. The molecule has 1 aliphatic carbocycles. The van der Waals surface area contributed by atoms with E-state index in [4.69, 9.17) is 0 Å². The van der Waals surface area contributed by atoms with Gasteiger partial charge in [0.05, 0.1) is 0 Å². The SMILES string of the molecule is C=CCCCC1(CCCC=C)c2cc(N(c3ccc(C)cc3)c3ccc(C(C)C)cc3)ccc2-c2ccc(N(c3ccc(C)cc3)c3ccc(C(C)(C)CC)cc3)cc21. The second-order valence-electron chi connectivity index (χ2n) is 17.8. The zero-order chi connectivity index (χ0) is 41.7. The van der Waals surface area contributed by atoms with E-state index in [0.29, 0.717) is 5.92 Å². The summed E-state index contributed by atoms with van der Waals surface area (Å²) >= 11 is 0. The lowest BCUT2D eigenvalue weighted by molar-refractivity contribution is 0.422. The van der Waals surface area contributed by atoms with Gasteiger partial charge in [0.15, 0.2) is 0 Å². The molecule has 0 heterocycles. The molecule has 0 atom stereocenters. The summed E-state index contributed by atoms with van der Waals surface area (Å²) in [7, 11) is 0. The van der Waals surface area contributed by atoms with Gasteiger partial charge in [0, 0.05) is 39.5 Å². The van der Waals surface area contributed by atoms with Crippen LogP contribution < -0.4 is 9.80 Å². The lowest BCUT2D eigenvalue weighted by Gasteiger charge is -2.35. The topological polar surface area (TPSA) is 6.48 Å². The van der Waals surface area contributed by atoms with Crippen molar-refractivity contribution in [2.24, 2.45) is 0 Å². The van der Waals surface area contributed by atoms with Crippen molar-refractivity contribution in [2.75, 3.05) is 9.80 Å². The van der Waals surface area contributed by atoms with Crippen LogP contribution in [0.2, 0.25) is 0 Å². The average Bonchev–Trinajstić information content (AvgIpc) is 3.51. The molecule has 1 aliphatic rings. The normalized spacial score (nSPS) is 12.9. The fourth-order valence-corrected chi connectivity index (χ4v) is 9.07. The average molecular weight is 777 g/mol. The Kier molecular flexibility index (Phi) is 12.5. The third-order valence-corrected chi connectivity index (χ3v) is 13.1. The van der Waals surface area contributed by atoms with Crippen LogP contribution in [0.25, 0.3) is 11.1 Å². The van der Waals surface area contributed by atoms with Crippen molar-refractivity contribution in [1.29, 1.82) is 0 Å². The Labute approximate surface area is 356 Å². The molecule has 0 bridgehead atoms. The third kappa shape index (κ3) is 8.46. The first kappa shape index (κ1) is 41.6. The van der Waals surface area contributed by atoms with E-state index in [1.54, 1.807) is 0 Å². The van der Waals surface area contributed by atoms with Crippen LogP contribution in [-0.4, -0.2) is 0 Å². The van der Waals surface area contributed by atoms with Crippen LogP contribution in [0.4, 0.5) is 34.1 Å². The van der Waals surface area contributed by atoms with Crippen LogP contribution in [0, 0.1) is 13.8 Å². The Bertz CT molecular complexity index is 2350. The summed E-state index contributed by atoms with van der Waals surface area (Å²) in [5.41, 5.74) is 17.8. The van der Waals surface area contributed by atoms with E-state index in [2.05, 4.69) is 217 Å². The molecular formula is C57H64N2. The number of hydrogen-bond donors (Lipinski definition) is 0. The van der Waals surface area contributed by atoms with Crippen molar-refractivity contribution in [3.8, 4) is 11.1 Å². The fraction of sp³-hybridized carbons (Fsp3) is 0.298. The first-order valence-corrected chi connectivity index (χ1v) is 21.9. The molecule has 6 aromatic rings. The molecule has 6 aromatic carbocycles. The number of anilines is 6. The number of nitrogens with zero attached hydrogens (tertiary/aromatic N) is 2. The number of hydrogen-bond acceptors (Lipinski definition) is 2. The van der Waals surface area contributed by atoms with Crippen LogP contribution in [0.3, 0.4) is 0 Å². The van der Waals surface area contributed by atoms with E-state index >= 15 is 0 Å². The summed E-state index contributed by atoms with van der Waals surface area (Å²) in [6.45, 7) is 24.1. The molecule has 0 fully saturated rings. The van der Waals surface area contributed by atoms with Gasteiger partial charge in [0.2, 0.25) is 0 Å². The molecular weight excluding hydrogens is 713 g/mol. The van der Waals surface area contributed by atoms with E-state index in [9.17, 15) is 0 Å². The highest BCUT2D eigenvalue weighted by atomic mass is 15.1. The van der Waals surface area contributed by atoms with Gasteiger partial charge in [-0.1, -0.05) is 119 Å². The minimum absolute atomic E-state index is 0.120. The van der Waals surface area contributed by atoms with Crippen LogP contribution in [0.1, 0.15) is 119 Å². The summed E-state index contributed by atoms with van der Waals surface area (Å²) in [6, 6.07) is 51.0. The van der Waals surface area contributed by atoms with E-state index in [1.165, 1.54) is 67.3 Å². The van der Waals surface area contributed by atoms with Gasteiger partial charge in [-0.05, 0) is 176 Å². The van der Waals surface area contributed by atoms with Gasteiger partial charge in [-0.2, -0.15) is 0 Å². The van der Waals surface area contributed by atoms with Crippen molar-refractivity contribution in [2.45, 2.75) is 110 Å². The Hall–Kier alpha value is -5.60. The van der Waals surface area contributed by atoms with Gasteiger partial charge in [-0.25, -0.2) is 0 Å². The maximum absolute atomic E-state index is 4.15. The van der Waals surface area contributed by atoms with E-state index in [0.717, 1.165) is 56.3 Å². The molecule has 0 radical (unpaired) electrons. The molecule has 0 spiro atoms. The van der Waals surface area contributed by atoms with E-state index in [1.807, 2.05) is 0 Å². The Morgan fingerprint density at radius 1 is 0.542 bits per heavy atom. The quantitative estimate of drug-likeness (QED) is 0.0672. The van der Waals surface area contributed by atoms with Crippen LogP contribution in [-0.2, 0) is 10.8 Å². The second kappa shape index (κ2) is 17.7.